The van der Waals surface area contributed by atoms with Crippen LogP contribution in [0.4, 0.5) is 11.8 Å². The first kappa shape index (κ1) is 21.7. The van der Waals surface area contributed by atoms with E-state index in [0.29, 0.717) is 29.9 Å². The van der Waals surface area contributed by atoms with E-state index in [4.69, 9.17) is 14.7 Å². The minimum Gasteiger partial charge on any atom is -0.378 e. The number of hydrogen-bond donors (Lipinski definition) is 1. The third kappa shape index (κ3) is 4.39. The highest BCUT2D eigenvalue weighted by Gasteiger charge is 2.21. The van der Waals surface area contributed by atoms with Crippen LogP contribution in [0.3, 0.4) is 0 Å². The van der Waals surface area contributed by atoms with E-state index in [1.807, 2.05) is 12.1 Å². The van der Waals surface area contributed by atoms with Crippen molar-refractivity contribution in [3.05, 3.63) is 42.7 Å². The SMILES string of the molecule is CNc1ncc(-c2nc(N3CCOCC3)c3cc(-c4cccc(S(C)(=O)=O)c4)sc3n2)cn1. The Balaban J connectivity index is 1.66. The van der Waals surface area contributed by atoms with Gasteiger partial charge in [0, 0.05) is 43.7 Å². The zero-order valence-corrected chi connectivity index (χ0v) is 19.8. The Hall–Kier alpha value is -3.15. The fraction of sp³-hybridized carbons (Fsp3) is 0.273. The maximum absolute atomic E-state index is 12.0. The Morgan fingerprint density at radius 3 is 2.52 bits per heavy atom. The predicted molar refractivity (Wildman–Crippen MR) is 130 cm³/mol. The molecule has 4 aromatic rings. The lowest BCUT2D eigenvalue weighted by Crippen LogP contribution is -2.37. The second-order valence-corrected chi connectivity index (χ2v) is 10.7. The summed E-state index contributed by atoms with van der Waals surface area (Å²) in [6, 6.07) is 9.02. The van der Waals surface area contributed by atoms with Gasteiger partial charge in [0.15, 0.2) is 15.7 Å². The lowest BCUT2D eigenvalue weighted by molar-refractivity contribution is 0.122. The van der Waals surface area contributed by atoms with E-state index in [1.165, 1.54) is 17.6 Å². The first-order valence-corrected chi connectivity index (χ1v) is 13.1. The molecule has 0 bridgehead atoms. The van der Waals surface area contributed by atoms with Crippen molar-refractivity contribution in [1.82, 2.24) is 19.9 Å². The van der Waals surface area contributed by atoms with Gasteiger partial charge < -0.3 is 15.0 Å². The summed E-state index contributed by atoms with van der Waals surface area (Å²) >= 11 is 1.51. The van der Waals surface area contributed by atoms with Crippen LogP contribution in [0.5, 0.6) is 0 Å². The van der Waals surface area contributed by atoms with E-state index in [-0.39, 0.29) is 0 Å². The molecule has 0 unspecified atom stereocenters. The van der Waals surface area contributed by atoms with E-state index in [9.17, 15) is 8.42 Å². The summed E-state index contributed by atoms with van der Waals surface area (Å²) in [6.07, 6.45) is 4.62. The Morgan fingerprint density at radius 2 is 1.82 bits per heavy atom. The number of benzene rings is 1. The minimum atomic E-state index is -3.30. The van der Waals surface area contributed by atoms with Crippen molar-refractivity contribution in [1.29, 1.82) is 0 Å². The van der Waals surface area contributed by atoms with E-state index >= 15 is 0 Å². The van der Waals surface area contributed by atoms with E-state index in [1.54, 1.807) is 37.6 Å². The van der Waals surface area contributed by atoms with Gasteiger partial charge >= 0.3 is 0 Å². The van der Waals surface area contributed by atoms with Gasteiger partial charge in [-0.25, -0.2) is 28.4 Å². The number of rotatable bonds is 5. The lowest BCUT2D eigenvalue weighted by atomic mass is 10.1. The summed E-state index contributed by atoms with van der Waals surface area (Å²) in [5.74, 6) is 1.90. The van der Waals surface area contributed by atoms with Crippen LogP contribution in [0, 0.1) is 0 Å². The van der Waals surface area contributed by atoms with Gasteiger partial charge in [-0.3, -0.25) is 0 Å². The highest BCUT2D eigenvalue weighted by atomic mass is 32.2. The zero-order valence-electron chi connectivity index (χ0n) is 18.1. The summed E-state index contributed by atoms with van der Waals surface area (Å²) in [5, 5.41) is 3.84. The highest BCUT2D eigenvalue weighted by molar-refractivity contribution is 7.90. The maximum atomic E-state index is 12.0. The Bertz CT molecular complexity index is 1410. The minimum absolute atomic E-state index is 0.291. The molecule has 11 heteroatoms. The fourth-order valence-electron chi connectivity index (χ4n) is 3.65. The highest BCUT2D eigenvalue weighted by Crippen LogP contribution is 2.38. The third-order valence-electron chi connectivity index (χ3n) is 5.36. The number of ether oxygens (including phenoxy) is 1. The van der Waals surface area contributed by atoms with Crippen LogP contribution in [0.1, 0.15) is 0 Å². The molecule has 0 saturated carbocycles. The first-order chi connectivity index (χ1) is 15.9. The van der Waals surface area contributed by atoms with Crippen molar-refractivity contribution in [2.45, 2.75) is 4.90 Å². The van der Waals surface area contributed by atoms with Crippen molar-refractivity contribution < 1.29 is 13.2 Å². The van der Waals surface area contributed by atoms with Crippen molar-refractivity contribution in [2.24, 2.45) is 0 Å². The molecule has 0 atom stereocenters. The molecule has 9 nitrogen and oxygen atoms in total. The summed E-state index contributed by atoms with van der Waals surface area (Å²) < 4.78 is 29.6. The van der Waals surface area contributed by atoms with Crippen LogP contribution < -0.4 is 10.2 Å². The van der Waals surface area contributed by atoms with Gasteiger partial charge in [0.25, 0.3) is 0 Å². The molecule has 1 saturated heterocycles. The van der Waals surface area contributed by atoms with Gasteiger partial charge in [0.2, 0.25) is 5.95 Å². The summed E-state index contributed by atoms with van der Waals surface area (Å²) in [4.78, 5) is 22.5. The molecule has 0 spiro atoms. The number of hydrogen-bond acceptors (Lipinski definition) is 10. The zero-order chi connectivity index (χ0) is 23.0. The van der Waals surface area contributed by atoms with E-state index < -0.39 is 9.84 Å². The third-order valence-corrected chi connectivity index (χ3v) is 7.55. The average molecular weight is 483 g/mol. The van der Waals surface area contributed by atoms with Gasteiger partial charge in [-0.2, -0.15) is 0 Å². The number of nitrogens with zero attached hydrogens (tertiary/aromatic N) is 5. The van der Waals surface area contributed by atoms with Crippen LogP contribution in [-0.4, -0.2) is 68.0 Å². The Morgan fingerprint density at radius 1 is 1.06 bits per heavy atom. The number of thiophene rings is 1. The van der Waals surface area contributed by atoms with Crippen molar-refractivity contribution in [3.8, 4) is 21.8 Å². The van der Waals surface area contributed by atoms with Gasteiger partial charge in [-0.05, 0) is 23.8 Å². The number of aromatic nitrogens is 4. The van der Waals surface area contributed by atoms with Gasteiger partial charge in [-0.1, -0.05) is 12.1 Å². The summed E-state index contributed by atoms with van der Waals surface area (Å²) in [6.45, 7) is 2.73. The smallest absolute Gasteiger partial charge is 0.222 e. The van der Waals surface area contributed by atoms with Crippen LogP contribution in [0.25, 0.3) is 32.0 Å². The second-order valence-electron chi connectivity index (χ2n) is 7.65. The number of nitrogens with one attached hydrogen (secondary N) is 1. The molecule has 5 rings (SSSR count). The van der Waals surface area contributed by atoms with Crippen LogP contribution in [-0.2, 0) is 14.6 Å². The lowest BCUT2D eigenvalue weighted by Gasteiger charge is -2.28. The average Bonchev–Trinajstić information content (AvgIpc) is 3.28. The topological polar surface area (TPSA) is 110 Å². The standard InChI is InChI=1S/C22H22N6O3S2/c1-23-22-24-12-15(13-25-22)19-26-20(28-6-8-31-9-7-28)17-11-18(32-21(17)27-19)14-4-3-5-16(10-14)33(2,29)30/h3-5,10-13H,6-9H2,1-2H3,(H,23,24,25). The molecule has 170 valence electrons. The predicted octanol–water partition coefficient (Wildman–Crippen LogP) is 3.10. The number of sulfone groups is 1. The monoisotopic (exact) mass is 482 g/mol. The van der Waals surface area contributed by atoms with E-state index in [2.05, 4.69) is 20.2 Å². The number of anilines is 2. The molecule has 1 fully saturated rings. The van der Waals surface area contributed by atoms with Crippen LogP contribution in [0.15, 0.2) is 47.6 Å². The van der Waals surface area contributed by atoms with Crippen molar-refractivity contribution in [3.63, 3.8) is 0 Å². The molecule has 1 N–H and O–H groups in total. The van der Waals surface area contributed by atoms with Crippen molar-refractivity contribution >= 4 is 43.2 Å². The quantitative estimate of drug-likeness (QED) is 0.459. The molecule has 4 heterocycles. The normalized spacial score (nSPS) is 14.5. The molecule has 3 aromatic heterocycles. The van der Waals surface area contributed by atoms with E-state index in [0.717, 1.165) is 45.1 Å². The number of fused-ring (bicyclic) bond motifs is 1. The number of morpholine rings is 1. The first-order valence-electron chi connectivity index (χ1n) is 10.4. The Labute approximate surface area is 195 Å². The van der Waals surface area contributed by atoms with Gasteiger partial charge in [0.1, 0.15) is 10.6 Å². The van der Waals surface area contributed by atoms with Crippen LogP contribution >= 0.6 is 11.3 Å². The van der Waals surface area contributed by atoms with Crippen molar-refractivity contribution in [2.75, 3.05) is 49.8 Å². The maximum Gasteiger partial charge on any atom is 0.222 e. The molecule has 1 aliphatic rings. The fourth-order valence-corrected chi connectivity index (χ4v) is 5.34. The van der Waals surface area contributed by atoms with Gasteiger partial charge in [-0.15, -0.1) is 11.3 Å². The molecular formula is C22H22N6O3S2. The molecule has 33 heavy (non-hydrogen) atoms. The molecule has 1 aliphatic heterocycles. The summed E-state index contributed by atoms with van der Waals surface area (Å²) in [7, 11) is -1.54. The van der Waals surface area contributed by atoms with Gasteiger partial charge in [0.05, 0.1) is 29.1 Å². The molecule has 0 amide bonds. The van der Waals surface area contributed by atoms with Crippen LogP contribution in [0.2, 0.25) is 0 Å². The molecule has 0 radical (unpaired) electrons. The molecule has 0 aliphatic carbocycles. The second kappa shape index (κ2) is 8.65. The molecular weight excluding hydrogens is 460 g/mol. The largest absolute Gasteiger partial charge is 0.378 e. The molecule has 1 aromatic carbocycles. The Kier molecular flexibility index (Phi) is 5.69. The summed E-state index contributed by atoms with van der Waals surface area (Å²) in [5.41, 5.74) is 1.55.